The highest BCUT2D eigenvalue weighted by atomic mass is 32.1. The molecule has 0 amide bonds. The maximum absolute atomic E-state index is 3.70. The predicted octanol–water partition coefficient (Wildman–Crippen LogP) is 3.20. The molecule has 1 saturated carbocycles. The molecule has 1 aromatic rings. The van der Waals surface area contributed by atoms with Crippen LogP contribution in [0.15, 0.2) is 11.4 Å². The first kappa shape index (κ1) is 12.6. The third kappa shape index (κ3) is 2.49. The van der Waals surface area contributed by atoms with Crippen LogP contribution in [0.4, 0.5) is 0 Å². The summed E-state index contributed by atoms with van der Waals surface area (Å²) in [7, 11) is 0. The van der Waals surface area contributed by atoms with Gasteiger partial charge in [0.25, 0.3) is 0 Å². The molecule has 1 aromatic heterocycles. The third-order valence-corrected chi connectivity index (χ3v) is 5.48. The quantitative estimate of drug-likeness (QED) is 0.878. The van der Waals surface area contributed by atoms with E-state index in [4.69, 9.17) is 0 Å². The molecule has 2 atom stereocenters. The minimum Gasteiger partial charge on any atom is -0.312 e. The summed E-state index contributed by atoms with van der Waals surface area (Å²) in [6.45, 7) is 7.12. The van der Waals surface area contributed by atoms with Crippen LogP contribution < -0.4 is 5.32 Å². The summed E-state index contributed by atoms with van der Waals surface area (Å²) in [5.74, 6) is 0. The number of nitrogens with one attached hydrogen (secondary N) is 1. The lowest BCUT2D eigenvalue weighted by molar-refractivity contribution is 0.128. The van der Waals surface area contributed by atoms with Gasteiger partial charge >= 0.3 is 0 Å². The van der Waals surface area contributed by atoms with E-state index in [9.17, 15) is 0 Å². The van der Waals surface area contributed by atoms with Crippen molar-refractivity contribution in [3.05, 3.63) is 21.9 Å². The van der Waals surface area contributed by atoms with Gasteiger partial charge in [0.2, 0.25) is 0 Å². The maximum atomic E-state index is 3.70. The Labute approximate surface area is 114 Å². The Kier molecular flexibility index (Phi) is 3.73. The Morgan fingerprint density at radius 3 is 3.06 bits per heavy atom. The van der Waals surface area contributed by atoms with Crippen molar-refractivity contribution in [3.63, 3.8) is 0 Å². The van der Waals surface area contributed by atoms with Gasteiger partial charge in [-0.25, -0.2) is 0 Å². The van der Waals surface area contributed by atoms with Gasteiger partial charge in [0, 0.05) is 36.1 Å². The van der Waals surface area contributed by atoms with E-state index in [1.807, 2.05) is 11.3 Å². The SMILES string of the molecule is CCC(CNC1CC1)N1CCc2sccc2C1C. The largest absolute Gasteiger partial charge is 0.312 e. The molecule has 1 fully saturated rings. The first-order valence-corrected chi connectivity index (χ1v) is 8.23. The van der Waals surface area contributed by atoms with Crippen LogP contribution in [0.3, 0.4) is 0 Å². The molecular formula is C15H24N2S. The number of hydrogen-bond donors (Lipinski definition) is 1. The number of nitrogens with zero attached hydrogens (tertiary/aromatic N) is 1. The first-order valence-electron chi connectivity index (χ1n) is 7.35. The average Bonchev–Trinajstić information content (AvgIpc) is 3.08. The van der Waals surface area contributed by atoms with Gasteiger partial charge in [-0.05, 0) is 49.6 Å². The fourth-order valence-electron chi connectivity index (χ4n) is 3.11. The molecule has 3 heteroatoms. The Bertz CT molecular complexity index is 397. The van der Waals surface area contributed by atoms with Crippen molar-refractivity contribution in [1.29, 1.82) is 0 Å². The molecule has 0 saturated heterocycles. The summed E-state index contributed by atoms with van der Waals surface area (Å²) >= 11 is 1.94. The lowest BCUT2D eigenvalue weighted by Crippen LogP contribution is -2.46. The van der Waals surface area contributed by atoms with E-state index in [1.54, 1.807) is 10.4 Å². The molecule has 0 spiro atoms. The summed E-state index contributed by atoms with van der Waals surface area (Å²) in [6.07, 6.45) is 5.28. The zero-order valence-corrected chi connectivity index (χ0v) is 12.3. The molecule has 3 rings (SSSR count). The van der Waals surface area contributed by atoms with Gasteiger partial charge in [-0.1, -0.05) is 6.92 Å². The van der Waals surface area contributed by atoms with Crippen LogP contribution >= 0.6 is 11.3 Å². The monoisotopic (exact) mass is 264 g/mol. The molecule has 18 heavy (non-hydrogen) atoms. The van der Waals surface area contributed by atoms with Crippen molar-refractivity contribution in [3.8, 4) is 0 Å². The van der Waals surface area contributed by atoms with Gasteiger partial charge < -0.3 is 5.32 Å². The van der Waals surface area contributed by atoms with Crippen molar-refractivity contribution in [1.82, 2.24) is 10.2 Å². The van der Waals surface area contributed by atoms with Gasteiger partial charge in [-0.3, -0.25) is 4.90 Å². The van der Waals surface area contributed by atoms with Crippen LogP contribution in [0.25, 0.3) is 0 Å². The van der Waals surface area contributed by atoms with Crippen molar-refractivity contribution < 1.29 is 0 Å². The lowest BCUT2D eigenvalue weighted by Gasteiger charge is -2.39. The normalized spacial score (nSPS) is 26.0. The van der Waals surface area contributed by atoms with Gasteiger partial charge in [0.15, 0.2) is 0 Å². The zero-order chi connectivity index (χ0) is 12.5. The summed E-state index contributed by atoms with van der Waals surface area (Å²) in [4.78, 5) is 4.33. The van der Waals surface area contributed by atoms with E-state index in [0.29, 0.717) is 12.1 Å². The first-order chi connectivity index (χ1) is 8.79. The molecular weight excluding hydrogens is 240 g/mol. The van der Waals surface area contributed by atoms with Crippen LogP contribution in [-0.2, 0) is 6.42 Å². The van der Waals surface area contributed by atoms with Crippen LogP contribution in [0, 0.1) is 0 Å². The lowest BCUT2D eigenvalue weighted by atomic mass is 9.98. The zero-order valence-electron chi connectivity index (χ0n) is 11.5. The van der Waals surface area contributed by atoms with E-state index in [-0.39, 0.29) is 0 Å². The summed E-state index contributed by atoms with van der Waals surface area (Å²) in [6, 6.07) is 4.47. The number of rotatable bonds is 5. The van der Waals surface area contributed by atoms with Crippen molar-refractivity contribution in [2.24, 2.45) is 0 Å². The smallest absolute Gasteiger partial charge is 0.0334 e. The molecule has 1 aliphatic heterocycles. The van der Waals surface area contributed by atoms with E-state index >= 15 is 0 Å². The predicted molar refractivity (Wildman–Crippen MR) is 78.2 cm³/mol. The van der Waals surface area contributed by atoms with E-state index in [1.165, 1.54) is 38.8 Å². The molecule has 2 nitrogen and oxygen atoms in total. The minimum absolute atomic E-state index is 0.603. The molecule has 0 aromatic carbocycles. The molecule has 0 bridgehead atoms. The van der Waals surface area contributed by atoms with Crippen LogP contribution in [-0.4, -0.2) is 30.1 Å². The van der Waals surface area contributed by atoms with Crippen LogP contribution in [0.2, 0.25) is 0 Å². The maximum Gasteiger partial charge on any atom is 0.0334 e. The second kappa shape index (κ2) is 5.32. The summed E-state index contributed by atoms with van der Waals surface area (Å²) in [5, 5.41) is 5.96. The van der Waals surface area contributed by atoms with Gasteiger partial charge in [-0.2, -0.15) is 0 Å². The Hall–Kier alpha value is -0.380. The summed E-state index contributed by atoms with van der Waals surface area (Å²) in [5.41, 5.74) is 1.58. The fraction of sp³-hybridized carbons (Fsp3) is 0.733. The van der Waals surface area contributed by atoms with E-state index in [2.05, 4.69) is 35.5 Å². The van der Waals surface area contributed by atoms with Crippen LogP contribution in [0.1, 0.15) is 49.6 Å². The number of hydrogen-bond acceptors (Lipinski definition) is 3. The third-order valence-electron chi connectivity index (χ3n) is 4.48. The average molecular weight is 264 g/mol. The highest BCUT2D eigenvalue weighted by Crippen LogP contribution is 2.34. The molecule has 1 aliphatic carbocycles. The molecule has 100 valence electrons. The fourth-order valence-corrected chi connectivity index (χ4v) is 4.08. The minimum atomic E-state index is 0.603. The molecule has 2 unspecified atom stereocenters. The second-order valence-electron chi connectivity index (χ2n) is 5.71. The number of thiophene rings is 1. The van der Waals surface area contributed by atoms with Gasteiger partial charge in [-0.15, -0.1) is 11.3 Å². The van der Waals surface area contributed by atoms with Crippen molar-refractivity contribution in [2.45, 2.75) is 57.7 Å². The Balaban J connectivity index is 1.66. The Morgan fingerprint density at radius 1 is 1.50 bits per heavy atom. The topological polar surface area (TPSA) is 15.3 Å². The van der Waals surface area contributed by atoms with Crippen molar-refractivity contribution in [2.75, 3.05) is 13.1 Å². The molecule has 2 aliphatic rings. The molecule has 2 heterocycles. The second-order valence-corrected chi connectivity index (χ2v) is 6.71. The summed E-state index contributed by atoms with van der Waals surface area (Å²) < 4.78 is 0. The van der Waals surface area contributed by atoms with E-state index in [0.717, 1.165) is 6.04 Å². The Morgan fingerprint density at radius 2 is 2.33 bits per heavy atom. The van der Waals surface area contributed by atoms with Crippen LogP contribution in [0.5, 0.6) is 0 Å². The van der Waals surface area contributed by atoms with Gasteiger partial charge in [0.1, 0.15) is 0 Å². The molecule has 1 N–H and O–H groups in total. The highest BCUT2D eigenvalue weighted by Gasteiger charge is 2.30. The highest BCUT2D eigenvalue weighted by molar-refractivity contribution is 7.10. The molecule has 0 radical (unpaired) electrons. The van der Waals surface area contributed by atoms with Crippen molar-refractivity contribution >= 4 is 11.3 Å². The standard InChI is InChI=1S/C15H24N2S/c1-3-13(10-16-12-4-5-12)17-8-6-15-14(11(17)2)7-9-18-15/h7,9,11-13,16H,3-6,8,10H2,1-2H3. The van der Waals surface area contributed by atoms with Gasteiger partial charge in [0.05, 0.1) is 0 Å². The van der Waals surface area contributed by atoms with E-state index < -0.39 is 0 Å². The number of fused-ring (bicyclic) bond motifs is 1.